The fourth-order valence-corrected chi connectivity index (χ4v) is 6.44. The zero-order chi connectivity index (χ0) is 28.6. The predicted octanol–water partition coefficient (Wildman–Crippen LogP) is 6.38. The molecule has 0 bridgehead atoms. The van der Waals surface area contributed by atoms with Crippen LogP contribution in [0.1, 0.15) is 62.7 Å². The largest absolute Gasteiger partial charge is 0.342 e. The van der Waals surface area contributed by atoms with Crippen LogP contribution in [0.15, 0.2) is 72.8 Å². The first-order chi connectivity index (χ1) is 20.1. The Morgan fingerprint density at radius 1 is 0.732 bits per heavy atom. The summed E-state index contributed by atoms with van der Waals surface area (Å²) in [5.74, 6) is 0.624. The molecule has 1 aromatic heterocycles. The molecule has 2 amide bonds. The Morgan fingerprint density at radius 3 is 1.73 bits per heavy atom. The molecule has 2 aliphatic heterocycles. The number of rotatable bonds is 9. The van der Waals surface area contributed by atoms with Crippen LogP contribution in [0.3, 0.4) is 0 Å². The highest BCUT2D eigenvalue weighted by molar-refractivity contribution is 5.96. The van der Waals surface area contributed by atoms with Crippen LogP contribution in [-0.4, -0.2) is 76.8 Å². The van der Waals surface area contributed by atoms with Crippen molar-refractivity contribution in [2.45, 2.75) is 58.4 Å². The van der Waals surface area contributed by atoms with Gasteiger partial charge in [-0.25, -0.2) is 4.98 Å². The minimum absolute atomic E-state index is 0.0692. The lowest BCUT2D eigenvalue weighted by Gasteiger charge is -2.43. The minimum atomic E-state index is 0.0692. The number of piperidine rings is 1. The number of carbonyl (C=O) groups excluding carboxylic acids is 2. The highest BCUT2D eigenvalue weighted by Gasteiger charge is 2.32. The number of pyridine rings is 1. The second-order valence-electron chi connectivity index (χ2n) is 11.5. The molecular formula is C35H44N4O2. The molecule has 3 aromatic rings. The van der Waals surface area contributed by atoms with Gasteiger partial charge in [-0.2, -0.15) is 0 Å². The van der Waals surface area contributed by atoms with Gasteiger partial charge in [0.25, 0.3) is 5.91 Å². The van der Waals surface area contributed by atoms with Gasteiger partial charge in [-0.1, -0.05) is 87.4 Å². The van der Waals surface area contributed by atoms with E-state index in [0.29, 0.717) is 17.5 Å². The Bertz CT molecular complexity index is 1220. The third-order valence-corrected chi connectivity index (χ3v) is 8.73. The molecule has 0 atom stereocenters. The summed E-state index contributed by atoms with van der Waals surface area (Å²) in [6, 6.07) is 24.5. The quantitative estimate of drug-likeness (QED) is 0.309. The molecule has 0 aliphatic carbocycles. The van der Waals surface area contributed by atoms with Gasteiger partial charge in [-0.05, 0) is 37.8 Å². The highest BCUT2D eigenvalue weighted by atomic mass is 16.2. The monoisotopic (exact) mass is 552 g/mol. The third kappa shape index (κ3) is 7.05. The van der Waals surface area contributed by atoms with E-state index in [4.69, 9.17) is 4.98 Å². The molecule has 5 rings (SSSR count). The first-order valence-electron chi connectivity index (χ1n) is 15.5. The van der Waals surface area contributed by atoms with E-state index < -0.39 is 0 Å². The molecule has 6 nitrogen and oxygen atoms in total. The van der Waals surface area contributed by atoms with E-state index in [1.165, 1.54) is 0 Å². The summed E-state index contributed by atoms with van der Waals surface area (Å²) < 4.78 is 0. The predicted molar refractivity (Wildman–Crippen MR) is 165 cm³/mol. The van der Waals surface area contributed by atoms with E-state index in [2.05, 4.69) is 23.6 Å². The third-order valence-electron chi connectivity index (χ3n) is 8.73. The molecule has 0 radical (unpaired) electrons. The molecule has 216 valence electrons. The van der Waals surface area contributed by atoms with Crippen LogP contribution in [0.25, 0.3) is 22.5 Å². The van der Waals surface area contributed by atoms with Crippen LogP contribution in [0.2, 0.25) is 0 Å². The molecule has 0 unspecified atom stereocenters. The Hall–Kier alpha value is -3.51. The van der Waals surface area contributed by atoms with Gasteiger partial charge < -0.3 is 9.80 Å². The second-order valence-corrected chi connectivity index (χ2v) is 11.5. The summed E-state index contributed by atoms with van der Waals surface area (Å²) in [4.78, 5) is 38.4. The van der Waals surface area contributed by atoms with E-state index in [0.717, 1.165) is 100 Å². The Balaban J connectivity index is 1.22. The second kappa shape index (κ2) is 13.9. The van der Waals surface area contributed by atoms with Crippen LogP contribution < -0.4 is 0 Å². The van der Waals surface area contributed by atoms with E-state index in [1.54, 1.807) is 0 Å². The summed E-state index contributed by atoms with van der Waals surface area (Å²) in [6.45, 7) is 9.24. The number of aromatic nitrogens is 1. The van der Waals surface area contributed by atoms with Crippen molar-refractivity contribution in [3.8, 4) is 22.5 Å². The molecule has 0 saturated carbocycles. The van der Waals surface area contributed by atoms with Crippen molar-refractivity contribution in [3.63, 3.8) is 0 Å². The standard InChI is InChI=1S/C35H44N4O2/c1-3-11-29(12-4-2)34(40)38-19-17-31(18-20-38)37-21-23-39(24-22-37)35(41)30-25-32(27-13-7-5-8-14-27)36-33(26-30)28-15-9-6-10-16-28/h5-10,13-16,25-26,29,31H,3-4,11-12,17-24H2,1-2H3. The minimum Gasteiger partial charge on any atom is -0.342 e. The lowest BCUT2D eigenvalue weighted by atomic mass is 9.94. The van der Waals surface area contributed by atoms with Crippen molar-refractivity contribution in [1.29, 1.82) is 0 Å². The number of hydrogen-bond acceptors (Lipinski definition) is 4. The van der Waals surface area contributed by atoms with Gasteiger partial charge >= 0.3 is 0 Å². The first kappa shape index (κ1) is 29.0. The number of piperazine rings is 1. The van der Waals surface area contributed by atoms with Gasteiger partial charge in [-0.3, -0.25) is 14.5 Å². The number of amides is 2. The molecule has 0 spiro atoms. The molecule has 6 heteroatoms. The molecule has 2 fully saturated rings. The fraction of sp³-hybridized carbons (Fsp3) is 0.457. The molecule has 41 heavy (non-hydrogen) atoms. The van der Waals surface area contributed by atoms with Crippen molar-refractivity contribution < 1.29 is 9.59 Å². The van der Waals surface area contributed by atoms with Crippen molar-refractivity contribution in [2.75, 3.05) is 39.3 Å². The molecular weight excluding hydrogens is 508 g/mol. The lowest BCUT2D eigenvalue weighted by Crippen LogP contribution is -2.55. The number of carbonyl (C=O) groups is 2. The van der Waals surface area contributed by atoms with Gasteiger partial charge in [0.1, 0.15) is 0 Å². The van der Waals surface area contributed by atoms with Gasteiger partial charge in [0, 0.05) is 67.9 Å². The van der Waals surface area contributed by atoms with Crippen molar-refractivity contribution in [2.24, 2.45) is 5.92 Å². The van der Waals surface area contributed by atoms with Crippen LogP contribution in [0.4, 0.5) is 0 Å². The summed E-state index contributed by atoms with van der Waals surface area (Å²) in [7, 11) is 0. The Labute approximate surface area is 245 Å². The van der Waals surface area contributed by atoms with Crippen molar-refractivity contribution in [3.05, 3.63) is 78.4 Å². The van der Waals surface area contributed by atoms with Crippen LogP contribution >= 0.6 is 0 Å². The van der Waals surface area contributed by atoms with Gasteiger partial charge in [0.15, 0.2) is 0 Å². The number of benzene rings is 2. The maximum Gasteiger partial charge on any atom is 0.254 e. The van der Waals surface area contributed by atoms with Gasteiger partial charge in [-0.15, -0.1) is 0 Å². The Kier molecular flexibility index (Phi) is 9.84. The average Bonchev–Trinajstić information content (AvgIpc) is 3.05. The van der Waals surface area contributed by atoms with E-state index in [9.17, 15) is 9.59 Å². The topological polar surface area (TPSA) is 56.8 Å². The summed E-state index contributed by atoms with van der Waals surface area (Å²) >= 11 is 0. The first-order valence-corrected chi connectivity index (χ1v) is 15.5. The fourth-order valence-electron chi connectivity index (χ4n) is 6.44. The molecule has 2 saturated heterocycles. The van der Waals surface area contributed by atoms with Crippen LogP contribution in [0, 0.1) is 5.92 Å². The van der Waals surface area contributed by atoms with Gasteiger partial charge in [0.2, 0.25) is 5.91 Å². The molecule has 2 aromatic carbocycles. The van der Waals surface area contributed by atoms with Crippen LogP contribution in [-0.2, 0) is 4.79 Å². The van der Waals surface area contributed by atoms with Crippen molar-refractivity contribution >= 4 is 11.8 Å². The maximum absolute atomic E-state index is 13.8. The van der Waals surface area contributed by atoms with Crippen LogP contribution in [0.5, 0.6) is 0 Å². The Morgan fingerprint density at radius 2 is 1.24 bits per heavy atom. The SMILES string of the molecule is CCCC(CCC)C(=O)N1CCC(N2CCN(C(=O)c3cc(-c4ccccc4)nc(-c4ccccc4)c3)CC2)CC1. The number of nitrogens with zero attached hydrogens (tertiary/aromatic N) is 4. The smallest absolute Gasteiger partial charge is 0.254 e. The summed E-state index contributed by atoms with van der Waals surface area (Å²) in [6.07, 6.45) is 6.18. The molecule has 3 heterocycles. The average molecular weight is 553 g/mol. The van der Waals surface area contributed by atoms with Crippen molar-refractivity contribution in [1.82, 2.24) is 19.7 Å². The zero-order valence-corrected chi connectivity index (χ0v) is 24.7. The summed E-state index contributed by atoms with van der Waals surface area (Å²) in [5, 5.41) is 0. The normalized spacial score (nSPS) is 16.8. The number of likely N-dealkylation sites (tertiary alicyclic amines) is 1. The van der Waals surface area contributed by atoms with Gasteiger partial charge in [0.05, 0.1) is 11.4 Å². The summed E-state index contributed by atoms with van der Waals surface area (Å²) in [5.41, 5.74) is 4.33. The zero-order valence-electron chi connectivity index (χ0n) is 24.7. The maximum atomic E-state index is 13.8. The molecule has 2 aliphatic rings. The van der Waals surface area contributed by atoms with E-state index in [-0.39, 0.29) is 11.8 Å². The number of hydrogen-bond donors (Lipinski definition) is 0. The lowest BCUT2D eigenvalue weighted by molar-refractivity contribution is -0.137. The van der Waals surface area contributed by atoms with E-state index >= 15 is 0 Å². The highest BCUT2D eigenvalue weighted by Crippen LogP contribution is 2.27. The van der Waals surface area contributed by atoms with E-state index in [1.807, 2.05) is 77.7 Å². The molecule has 0 N–H and O–H groups in total.